The van der Waals surface area contributed by atoms with Gasteiger partial charge in [-0.05, 0) is 43.0 Å². The van der Waals surface area contributed by atoms with Gasteiger partial charge in [-0.3, -0.25) is 0 Å². The van der Waals surface area contributed by atoms with Gasteiger partial charge in [0, 0.05) is 18.0 Å². The van der Waals surface area contributed by atoms with Crippen LogP contribution in [0.1, 0.15) is 24.8 Å². The van der Waals surface area contributed by atoms with Crippen LogP contribution in [0, 0.1) is 0 Å². The molecule has 0 spiro atoms. The van der Waals surface area contributed by atoms with Gasteiger partial charge in [0.1, 0.15) is 6.61 Å². The van der Waals surface area contributed by atoms with E-state index in [-0.39, 0.29) is 22.9 Å². The van der Waals surface area contributed by atoms with Crippen molar-refractivity contribution in [2.45, 2.75) is 35.9 Å². The molecule has 1 aromatic carbocycles. The summed E-state index contributed by atoms with van der Waals surface area (Å²) < 4.78 is 67.9. The maximum absolute atomic E-state index is 13.1. The standard InChI is InChI=1S/C18H18F3NO4S/c1-27(24,25)14-5-3-12(4-6-14)15-9-13(18(19,20)21)10-22-16(15)26-11-17(23)7-2-8-17/h3-6,9-10,23H,2,7-8,11H2,1H3. The van der Waals surface area contributed by atoms with Gasteiger partial charge in [-0.15, -0.1) is 0 Å². The number of ether oxygens (including phenoxy) is 1. The van der Waals surface area contributed by atoms with Crippen LogP contribution in [0.2, 0.25) is 0 Å². The minimum Gasteiger partial charge on any atom is -0.474 e. The Kier molecular flexibility index (Phi) is 4.94. The predicted molar refractivity (Wildman–Crippen MR) is 92.1 cm³/mol. The maximum Gasteiger partial charge on any atom is 0.417 e. The van der Waals surface area contributed by atoms with Crippen LogP contribution < -0.4 is 4.74 Å². The highest BCUT2D eigenvalue weighted by atomic mass is 32.2. The summed E-state index contributed by atoms with van der Waals surface area (Å²) in [4.78, 5) is 3.84. The monoisotopic (exact) mass is 401 g/mol. The molecule has 1 heterocycles. The summed E-state index contributed by atoms with van der Waals surface area (Å²) in [6.45, 7) is -0.0697. The summed E-state index contributed by atoms with van der Waals surface area (Å²) in [6, 6.07) is 6.34. The fourth-order valence-corrected chi connectivity index (χ4v) is 3.37. The Morgan fingerprint density at radius 2 is 1.85 bits per heavy atom. The zero-order chi connectivity index (χ0) is 19.9. The van der Waals surface area contributed by atoms with Gasteiger partial charge in [-0.2, -0.15) is 13.2 Å². The molecule has 1 aliphatic carbocycles. The molecule has 3 rings (SSSR count). The fourth-order valence-electron chi connectivity index (χ4n) is 2.74. The molecule has 9 heteroatoms. The zero-order valence-electron chi connectivity index (χ0n) is 14.5. The number of halogens is 3. The summed E-state index contributed by atoms with van der Waals surface area (Å²) >= 11 is 0. The number of alkyl halides is 3. The lowest BCUT2D eigenvalue weighted by atomic mass is 9.81. The Labute approximate surface area is 154 Å². The van der Waals surface area contributed by atoms with Crippen molar-refractivity contribution in [2.24, 2.45) is 0 Å². The van der Waals surface area contributed by atoms with E-state index in [9.17, 15) is 26.7 Å². The molecule has 146 valence electrons. The average molecular weight is 401 g/mol. The molecule has 1 aliphatic rings. The Hall–Kier alpha value is -2.13. The molecule has 1 aromatic heterocycles. The van der Waals surface area contributed by atoms with E-state index in [1.807, 2.05) is 0 Å². The minimum atomic E-state index is -4.58. The van der Waals surface area contributed by atoms with Gasteiger partial charge in [0.25, 0.3) is 0 Å². The molecule has 0 saturated heterocycles. The number of hydrogen-bond donors (Lipinski definition) is 1. The molecule has 1 saturated carbocycles. The van der Waals surface area contributed by atoms with Crippen molar-refractivity contribution in [3.05, 3.63) is 42.1 Å². The van der Waals surface area contributed by atoms with Gasteiger partial charge in [0.15, 0.2) is 9.84 Å². The van der Waals surface area contributed by atoms with E-state index in [0.29, 0.717) is 24.6 Å². The van der Waals surface area contributed by atoms with E-state index in [1.54, 1.807) is 0 Å². The molecule has 0 unspecified atom stereocenters. The van der Waals surface area contributed by atoms with Crippen LogP contribution in [0.4, 0.5) is 13.2 Å². The second-order valence-corrected chi connectivity index (χ2v) is 8.75. The number of hydrogen-bond acceptors (Lipinski definition) is 5. The van der Waals surface area contributed by atoms with E-state index >= 15 is 0 Å². The van der Waals surface area contributed by atoms with Gasteiger partial charge in [0.2, 0.25) is 5.88 Å². The van der Waals surface area contributed by atoms with Crippen LogP contribution in [-0.4, -0.2) is 37.0 Å². The third kappa shape index (κ3) is 4.41. The molecule has 0 amide bonds. The normalized spacial score (nSPS) is 16.6. The molecule has 2 aromatic rings. The third-order valence-electron chi connectivity index (χ3n) is 4.53. The SMILES string of the molecule is CS(=O)(=O)c1ccc(-c2cc(C(F)(F)F)cnc2OCC2(O)CCC2)cc1. The van der Waals surface area contributed by atoms with E-state index in [2.05, 4.69) is 4.98 Å². The zero-order valence-corrected chi connectivity index (χ0v) is 15.3. The van der Waals surface area contributed by atoms with Crippen molar-refractivity contribution in [1.82, 2.24) is 4.98 Å². The van der Waals surface area contributed by atoms with Crippen LogP contribution in [0.15, 0.2) is 41.4 Å². The Morgan fingerprint density at radius 3 is 2.33 bits per heavy atom. The highest BCUT2D eigenvalue weighted by Crippen LogP contribution is 2.37. The average Bonchev–Trinajstić information content (AvgIpc) is 2.56. The number of aromatic nitrogens is 1. The first kappa shape index (κ1) is 19.6. The van der Waals surface area contributed by atoms with Crippen LogP contribution in [0.5, 0.6) is 5.88 Å². The smallest absolute Gasteiger partial charge is 0.417 e. The van der Waals surface area contributed by atoms with E-state index < -0.39 is 27.2 Å². The fraction of sp³-hybridized carbons (Fsp3) is 0.389. The molecule has 0 aliphatic heterocycles. The van der Waals surface area contributed by atoms with Gasteiger partial charge in [-0.25, -0.2) is 13.4 Å². The molecule has 27 heavy (non-hydrogen) atoms. The second-order valence-electron chi connectivity index (χ2n) is 6.74. The van der Waals surface area contributed by atoms with E-state index in [0.717, 1.165) is 18.7 Å². The second kappa shape index (κ2) is 6.79. The Bertz CT molecular complexity index is 936. The van der Waals surface area contributed by atoms with Crippen molar-refractivity contribution in [1.29, 1.82) is 0 Å². The van der Waals surface area contributed by atoms with Crippen molar-refractivity contribution < 1.29 is 31.4 Å². The van der Waals surface area contributed by atoms with Crippen LogP contribution >= 0.6 is 0 Å². The molecule has 5 nitrogen and oxygen atoms in total. The first-order valence-electron chi connectivity index (χ1n) is 8.21. The van der Waals surface area contributed by atoms with E-state index in [4.69, 9.17) is 4.74 Å². The van der Waals surface area contributed by atoms with Crippen molar-refractivity contribution in [3.8, 4) is 17.0 Å². The molecule has 0 radical (unpaired) electrons. The van der Waals surface area contributed by atoms with Crippen molar-refractivity contribution in [2.75, 3.05) is 12.9 Å². The summed E-state index contributed by atoms with van der Waals surface area (Å²) in [5.74, 6) is -0.0459. The maximum atomic E-state index is 13.1. The number of benzene rings is 1. The quantitative estimate of drug-likeness (QED) is 0.830. The Morgan fingerprint density at radius 1 is 1.22 bits per heavy atom. The number of pyridine rings is 1. The number of nitrogens with zero attached hydrogens (tertiary/aromatic N) is 1. The van der Waals surface area contributed by atoms with Crippen molar-refractivity contribution >= 4 is 9.84 Å². The van der Waals surface area contributed by atoms with Crippen LogP contribution in [0.3, 0.4) is 0 Å². The van der Waals surface area contributed by atoms with Crippen LogP contribution in [-0.2, 0) is 16.0 Å². The molecule has 0 atom stereocenters. The van der Waals surface area contributed by atoms with Gasteiger partial charge in [0.05, 0.1) is 16.1 Å². The summed E-state index contributed by atoms with van der Waals surface area (Å²) in [5.41, 5.74) is -1.52. The van der Waals surface area contributed by atoms with Crippen LogP contribution in [0.25, 0.3) is 11.1 Å². The predicted octanol–water partition coefficient (Wildman–Crippen LogP) is 3.46. The lowest BCUT2D eigenvalue weighted by Crippen LogP contribution is -2.42. The molecule has 1 N–H and O–H groups in total. The first-order chi connectivity index (χ1) is 12.5. The molecular formula is C18H18F3NO4S. The van der Waals surface area contributed by atoms with Gasteiger partial charge in [-0.1, -0.05) is 12.1 Å². The van der Waals surface area contributed by atoms with E-state index in [1.165, 1.54) is 24.3 Å². The number of sulfone groups is 1. The molecule has 0 bridgehead atoms. The van der Waals surface area contributed by atoms with Crippen molar-refractivity contribution in [3.63, 3.8) is 0 Å². The highest BCUT2D eigenvalue weighted by Gasteiger charge is 2.36. The van der Waals surface area contributed by atoms with Gasteiger partial charge < -0.3 is 9.84 Å². The number of aliphatic hydroxyl groups is 1. The largest absolute Gasteiger partial charge is 0.474 e. The lowest BCUT2D eigenvalue weighted by Gasteiger charge is -2.36. The summed E-state index contributed by atoms with van der Waals surface area (Å²) in [7, 11) is -3.43. The minimum absolute atomic E-state index is 0.0459. The summed E-state index contributed by atoms with van der Waals surface area (Å²) in [5, 5.41) is 10.1. The van der Waals surface area contributed by atoms with Gasteiger partial charge >= 0.3 is 6.18 Å². The first-order valence-corrected chi connectivity index (χ1v) is 10.1. The highest BCUT2D eigenvalue weighted by molar-refractivity contribution is 7.90. The Balaban J connectivity index is 1.98. The lowest BCUT2D eigenvalue weighted by molar-refractivity contribution is -0.137. The summed E-state index contributed by atoms with van der Waals surface area (Å²) in [6.07, 6.45) is -0.881. The molecular weight excluding hydrogens is 383 g/mol. The third-order valence-corrected chi connectivity index (χ3v) is 5.66. The molecule has 1 fully saturated rings. The number of rotatable bonds is 5. The topological polar surface area (TPSA) is 76.5 Å².